The van der Waals surface area contributed by atoms with E-state index in [2.05, 4.69) is 15.0 Å². The van der Waals surface area contributed by atoms with Gasteiger partial charge in [0.1, 0.15) is 10.4 Å². The molecule has 0 aliphatic carbocycles. The lowest BCUT2D eigenvalue weighted by Gasteiger charge is -2.11. The van der Waals surface area contributed by atoms with Crippen LogP contribution in [0.2, 0.25) is 0 Å². The second kappa shape index (κ2) is 6.00. The molecule has 0 fully saturated rings. The Morgan fingerprint density at radius 2 is 2.64 bits per heavy atom. The summed E-state index contributed by atoms with van der Waals surface area (Å²) < 4.78 is 5.61. The fourth-order valence-electron chi connectivity index (χ4n) is 0.848. The van der Waals surface area contributed by atoms with Gasteiger partial charge in [0.15, 0.2) is 0 Å². The molecular weight excluding hydrogens is 220 g/mol. The predicted octanol–water partition coefficient (Wildman–Crippen LogP) is 0.996. The standard InChI is InChI=1S/C8H12N2O2S2/c1-9-6(7(11)12-2)5-14-8-10-3-4-13-8/h3-4,6,9H,5H2,1-2H3. The maximum absolute atomic E-state index is 11.2. The number of methoxy groups -OCH3 is 1. The fourth-order valence-corrected chi connectivity index (χ4v) is 2.60. The van der Waals surface area contributed by atoms with Crippen LogP contribution in [-0.2, 0) is 9.53 Å². The Kier molecular flexibility index (Phi) is 4.92. The van der Waals surface area contributed by atoms with Crippen molar-refractivity contribution in [3.8, 4) is 0 Å². The zero-order valence-electron chi connectivity index (χ0n) is 8.02. The Labute approximate surface area is 91.1 Å². The van der Waals surface area contributed by atoms with Crippen molar-refractivity contribution in [1.82, 2.24) is 10.3 Å². The number of likely N-dealkylation sites (N-methyl/N-ethyl adjacent to an activating group) is 1. The van der Waals surface area contributed by atoms with Crippen LogP contribution in [0, 0.1) is 0 Å². The minimum Gasteiger partial charge on any atom is -0.468 e. The first-order chi connectivity index (χ1) is 6.77. The maximum Gasteiger partial charge on any atom is 0.323 e. The van der Waals surface area contributed by atoms with Crippen LogP contribution in [0.4, 0.5) is 0 Å². The van der Waals surface area contributed by atoms with Crippen molar-refractivity contribution in [2.24, 2.45) is 0 Å². The summed E-state index contributed by atoms with van der Waals surface area (Å²) >= 11 is 3.11. The molecule has 0 radical (unpaired) electrons. The molecule has 0 saturated heterocycles. The number of nitrogens with one attached hydrogen (secondary N) is 1. The monoisotopic (exact) mass is 232 g/mol. The van der Waals surface area contributed by atoms with Crippen LogP contribution in [0.3, 0.4) is 0 Å². The van der Waals surface area contributed by atoms with Crippen molar-refractivity contribution >= 4 is 29.1 Å². The number of aromatic nitrogens is 1. The number of ether oxygens (including phenoxy) is 1. The lowest BCUT2D eigenvalue weighted by Crippen LogP contribution is -2.37. The van der Waals surface area contributed by atoms with Gasteiger partial charge < -0.3 is 10.1 Å². The molecule has 6 heteroatoms. The second-order valence-electron chi connectivity index (χ2n) is 2.47. The number of esters is 1. The number of rotatable bonds is 5. The summed E-state index contributed by atoms with van der Waals surface area (Å²) in [6, 6.07) is -0.270. The molecule has 1 aromatic rings. The van der Waals surface area contributed by atoms with Crippen LogP contribution in [0.1, 0.15) is 0 Å². The van der Waals surface area contributed by atoms with Gasteiger partial charge in [0.05, 0.1) is 7.11 Å². The molecule has 1 aromatic heterocycles. The van der Waals surface area contributed by atoms with Gasteiger partial charge in [-0.15, -0.1) is 11.3 Å². The highest BCUT2D eigenvalue weighted by molar-refractivity contribution is 8.01. The molecule has 0 saturated carbocycles. The molecule has 1 N–H and O–H groups in total. The van der Waals surface area contributed by atoms with Crippen LogP contribution in [-0.4, -0.2) is 36.9 Å². The van der Waals surface area contributed by atoms with Crippen LogP contribution >= 0.6 is 23.1 Å². The average molecular weight is 232 g/mol. The normalized spacial score (nSPS) is 12.4. The summed E-state index contributed by atoms with van der Waals surface area (Å²) in [4.78, 5) is 15.3. The van der Waals surface area contributed by atoms with Crippen molar-refractivity contribution in [3.63, 3.8) is 0 Å². The third kappa shape index (κ3) is 3.28. The van der Waals surface area contributed by atoms with Gasteiger partial charge in [-0.25, -0.2) is 4.98 Å². The van der Waals surface area contributed by atoms with Gasteiger partial charge in [0.25, 0.3) is 0 Å². The van der Waals surface area contributed by atoms with E-state index in [1.165, 1.54) is 7.11 Å². The lowest BCUT2D eigenvalue weighted by molar-refractivity contribution is -0.142. The van der Waals surface area contributed by atoms with Gasteiger partial charge in [-0.1, -0.05) is 11.8 Å². The zero-order chi connectivity index (χ0) is 10.4. The molecule has 78 valence electrons. The molecule has 1 heterocycles. The van der Waals surface area contributed by atoms with Gasteiger partial charge in [-0.2, -0.15) is 0 Å². The van der Waals surface area contributed by atoms with Crippen LogP contribution < -0.4 is 5.32 Å². The van der Waals surface area contributed by atoms with E-state index in [1.807, 2.05) is 5.38 Å². The van der Waals surface area contributed by atoms with E-state index in [0.29, 0.717) is 5.75 Å². The number of carbonyl (C=O) groups excluding carboxylic acids is 1. The van der Waals surface area contributed by atoms with Crippen LogP contribution in [0.25, 0.3) is 0 Å². The molecular formula is C8H12N2O2S2. The summed E-state index contributed by atoms with van der Waals surface area (Å²) in [5.74, 6) is 0.396. The first-order valence-corrected chi connectivity index (χ1v) is 5.92. The Morgan fingerprint density at radius 3 is 3.14 bits per heavy atom. The Bertz CT molecular complexity index is 277. The van der Waals surface area contributed by atoms with Gasteiger partial charge in [-0.3, -0.25) is 4.79 Å². The molecule has 0 amide bonds. The summed E-state index contributed by atoms with van der Waals surface area (Å²) in [6.07, 6.45) is 1.75. The summed E-state index contributed by atoms with van der Waals surface area (Å²) in [7, 11) is 3.13. The molecule has 14 heavy (non-hydrogen) atoms. The molecule has 1 atom stereocenters. The Balaban J connectivity index is 2.38. The highest BCUT2D eigenvalue weighted by Gasteiger charge is 2.17. The molecule has 1 rings (SSSR count). The molecule has 1 unspecified atom stereocenters. The molecule has 0 spiro atoms. The lowest BCUT2D eigenvalue weighted by atomic mass is 10.3. The highest BCUT2D eigenvalue weighted by atomic mass is 32.2. The third-order valence-electron chi connectivity index (χ3n) is 1.62. The number of nitrogens with zero attached hydrogens (tertiary/aromatic N) is 1. The predicted molar refractivity (Wildman–Crippen MR) is 57.7 cm³/mol. The highest BCUT2D eigenvalue weighted by Crippen LogP contribution is 2.20. The number of hydrogen-bond acceptors (Lipinski definition) is 6. The van der Waals surface area contributed by atoms with Crippen molar-refractivity contribution in [2.75, 3.05) is 19.9 Å². The summed E-state index contributed by atoms with van der Waals surface area (Å²) in [5.41, 5.74) is 0. The molecule has 0 aliphatic heterocycles. The van der Waals surface area contributed by atoms with Crippen LogP contribution in [0.5, 0.6) is 0 Å². The van der Waals surface area contributed by atoms with Crippen LogP contribution in [0.15, 0.2) is 15.9 Å². The number of carbonyl (C=O) groups is 1. The topological polar surface area (TPSA) is 51.2 Å². The van der Waals surface area contributed by atoms with Gasteiger partial charge in [0.2, 0.25) is 0 Å². The van der Waals surface area contributed by atoms with E-state index in [0.717, 1.165) is 4.34 Å². The van der Waals surface area contributed by atoms with Crippen molar-refractivity contribution in [2.45, 2.75) is 10.4 Å². The fraction of sp³-hybridized carbons (Fsp3) is 0.500. The van der Waals surface area contributed by atoms with E-state index in [-0.39, 0.29) is 12.0 Å². The van der Waals surface area contributed by atoms with Crippen molar-refractivity contribution < 1.29 is 9.53 Å². The third-order valence-corrected chi connectivity index (χ3v) is 3.68. The number of thioether (sulfide) groups is 1. The summed E-state index contributed by atoms with van der Waals surface area (Å²) in [5, 5.41) is 4.81. The average Bonchev–Trinajstić information content (AvgIpc) is 2.71. The minimum absolute atomic E-state index is 0.239. The second-order valence-corrected chi connectivity index (χ2v) is 4.64. The zero-order valence-corrected chi connectivity index (χ0v) is 9.65. The largest absolute Gasteiger partial charge is 0.468 e. The first kappa shape index (κ1) is 11.5. The van der Waals surface area contributed by atoms with Crippen molar-refractivity contribution in [1.29, 1.82) is 0 Å². The molecule has 0 aromatic carbocycles. The Morgan fingerprint density at radius 1 is 1.86 bits per heavy atom. The Hall–Kier alpha value is -0.590. The van der Waals surface area contributed by atoms with E-state index in [4.69, 9.17) is 0 Å². The van der Waals surface area contributed by atoms with Gasteiger partial charge >= 0.3 is 5.97 Å². The van der Waals surface area contributed by atoms with E-state index < -0.39 is 0 Å². The molecule has 4 nitrogen and oxygen atoms in total. The quantitative estimate of drug-likeness (QED) is 0.606. The SMILES string of the molecule is CNC(CSc1nccs1)C(=O)OC. The first-order valence-electron chi connectivity index (χ1n) is 4.05. The summed E-state index contributed by atoms with van der Waals surface area (Å²) in [6.45, 7) is 0. The smallest absolute Gasteiger partial charge is 0.323 e. The molecule has 0 aliphatic rings. The minimum atomic E-state index is -0.270. The molecule has 0 bridgehead atoms. The number of hydrogen-bond donors (Lipinski definition) is 1. The maximum atomic E-state index is 11.2. The van der Waals surface area contributed by atoms with E-state index >= 15 is 0 Å². The van der Waals surface area contributed by atoms with Gasteiger partial charge in [-0.05, 0) is 7.05 Å². The van der Waals surface area contributed by atoms with E-state index in [9.17, 15) is 4.79 Å². The number of thiazole rings is 1. The van der Waals surface area contributed by atoms with E-state index in [1.54, 1.807) is 36.3 Å². The van der Waals surface area contributed by atoms with Crippen molar-refractivity contribution in [3.05, 3.63) is 11.6 Å². The van der Waals surface area contributed by atoms with Gasteiger partial charge in [0, 0.05) is 17.3 Å².